The molecule has 0 spiro atoms. The van der Waals surface area contributed by atoms with Gasteiger partial charge in [-0.05, 0) is 51.4 Å². The van der Waals surface area contributed by atoms with E-state index < -0.39 is 0 Å². The van der Waals surface area contributed by atoms with Crippen LogP contribution in [0.5, 0.6) is 0 Å². The van der Waals surface area contributed by atoms with E-state index in [9.17, 15) is 4.79 Å². The van der Waals surface area contributed by atoms with Gasteiger partial charge < -0.3 is 4.74 Å². The highest BCUT2D eigenvalue weighted by molar-refractivity contribution is 5.65. The van der Waals surface area contributed by atoms with E-state index in [1.807, 2.05) is 0 Å². The SMILES string of the molecule is CC/C=C\C/C=C\C/C=C\C/C=C\C/C=C\CCCCOC(C)=O. The second kappa shape index (κ2) is 19.2. The Kier molecular flexibility index (Phi) is 17.8. The van der Waals surface area contributed by atoms with E-state index in [2.05, 4.69) is 67.7 Å². The monoisotopic (exact) mass is 330 g/mol. The molecular weight excluding hydrogens is 296 g/mol. The van der Waals surface area contributed by atoms with Crippen molar-refractivity contribution >= 4 is 5.97 Å². The Hall–Kier alpha value is -1.83. The lowest BCUT2D eigenvalue weighted by atomic mass is 10.2. The van der Waals surface area contributed by atoms with Gasteiger partial charge in [0.1, 0.15) is 0 Å². The van der Waals surface area contributed by atoms with Crippen LogP contribution in [-0.2, 0) is 9.53 Å². The normalized spacial score (nSPS) is 12.6. The maximum absolute atomic E-state index is 10.6. The zero-order valence-corrected chi connectivity index (χ0v) is 15.5. The summed E-state index contributed by atoms with van der Waals surface area (Å²) in [5.74, 6) is -0.190. The lowest BCUT2D eigenvalue weighted by Gasteiger charge is -1.99. The van der Waals surface area contributed by atoms with E-state index in [4.69, 9.17) is 4.74 Å². The first kappa shape index (κ1) is 22.2. The van der Waals surface area contributed by atoms with Gasteiger partial charge in [-0.1, -0.05) is 67.7 Å². The summed E-state index contributed by atoms with van der Waals surface area (Å²) in [6.45, 7) is 4.14. The number of carbonyl (C=O) groups excluding carboxylic acids is 1. The summed E-state index contributed by atoms with van der Waals surface area (Å²) in [4.78, 5) is 10.6. The summed E-state index contributed by atoms with van der Waals surface area (Å²) < 4.78 is 4.88. The molecular formula is C22H34O2. The Labute approximate surface area is 148 Å². The summed E-state index contributed by atoms with van der Waals surface area (Å²) >= 11 is 0. The molecule has 2 nitrogen and oxygen atoms in total. The maximum atomic E-state index is 10.6. The number of allylic oxidation sites excluding steroid dienone is 10. The molecule has 0 bridgehead atoms. The minimum atomic E-state index is -0.190. The van der Waals surface area contributed by atoms with E-state index in [0.29, 0.717) is 6.61 Å². The Morgan fingerprint density at radius 2 is 1.17 bits per heavy atom. The summed E-state index contributed by atoms with van der Waals surface area (Å²) in [5, 5.41) is 0. The van der Waals surface area contributed by atoms with E-state index >= 15 is 0 Å². The van der Waals surface area contributed by atoms with E-state index in [-0.39, 0.29) is 5.97 Å². The van der Waals surface area contributed by atoms with Gasteiger partial charge in [0, 0.05) is 6.92 Å². The van der Waals surface area contributed by atoms with E-state index in [1.54, 1.807) is 0 Å². The molecule has 0 aliphatic rings. The molecule has 0 fully saturated rings. The standard InChI is InChI=1S/C22H34O2/c1-3-4-5-6-7-8-9-10-11-12-13-14-15-16-17-18-19-20-21-24-22(2)23/h4-5,7-8,10-11,13-14,16-17H,3,6,9,12,15,18-21H2,1-2H3/b5-4-,8-7-,11-10-,14-13-,17-16-. The third kappa shape index (κ3) is 20.2. The molecule has 0 atom stereocenters. The van der Waals surface area contributed by atoms with Gasteiger partial charge in [-0.15, -0.1) is 0 Å². The molecule has 0 amide bonds. The van der Waals surface area contributed by atoms with Gasteiger partial charge in [-0.25, -0.2) is 0 Å². The molecule has 0 aliphatic heterocycles. The van der Waals surface area contributed by atoms with Gasteiger partial charge in [-0.2, -0.15) is 0 Å². The quantitative estimate of drug-likeness (QED) is 0.207. The van der Waals surface area contributed by atoms with Crippen molar-refractivity contribution in [2.24, 2.45) is 0 Å². The van der Waals surface area contributed by atoms with Crippen molar-refractivity contribution < 1.29 is 9.53 Å². The summed E-state index contributed by atoms with van der Waals surface area (Å²) in [7, 11) is 0. The van der Waals surface area contributed by atoms with E-state index in [1.165, 1.54) is 6.92 Å². The first-order chi connectivity index (χ1) is 11.8. The van der Waals surface area contributed by atoms with Crippen molar-refractivity contribution in [1.82, 2.24) is 0 Å². The number of carbonyl (C=O) groups is 1. The number of unbranched alkanes of at least 4 members (excludes halogenated alkanes) is 2. The van der Waals surface area contributed by atoms with Crippen LogP contribution in [-0.4, -0.2) is 12.6 Å². The fourth-order valence-electron chi connectivity index (χ4n) is 1.95. The smallest absolute Gasteiger partial charge is 0.302 e. The Bertz CT molecular complexity index is 425. The Morgan fingerprint density at radius 1 is 0.708 bits per heavy atom. The second-order valence-corrected chi connectivity index (χ2v) is 5.54. The molecule has 0 aliphatic carbocycles. The van der Waals surface area contributed by atoms with E-state index in [0.717, 1.165) is 51.4 Å². The lowest BCUT2D eigenvalue weighted by Crippen LogP contribution is -1.99. The van der Waals surface area contributed by atoms with Gasteiger partial charge in [0.05, 0.1) is 6.61 Å². The molecule has 0 radical (unpaired) electrons. The largest absolute Gasteiger partial charge is 0.466 e. The molecule has 2 heteroatoms. The van der Waals surface area contributed by atoms with Crippen LogP contribution in [0.15, 0.2) is 60.8 Å². The Morgan fingerprint density at radius 3 is 1.62 bits per heavy atom. The molecule has 134 valence electrons. The van der Waals surface area contributed by atoms with Crippen LogP contribution >= 0.6 is 0 Å². The van der Waals surface area contributed by atoms with Gasteiger partial charge in [0.2, 0.25) is 0 Å². The van der Waals surface area contributed by atoms with Crippen molar-refractivity contribution in [1.29, 1.82) is 0 Å². The molecule has 24 heavy (non-hydrogen) atoms. The molecule has 0 rings (SSSR count). The number of ether oxygens (including phenoxy) is 1. The van der Waals surface area contributed by atoms with Gasteiger partial charge in [0.25, 0.3) is 0 Å². The highest BCUT2D eigenvalue weighted by atomic mass is 16.5. The molecule has 0 saturated carbocycles. The molecule has 0 aromatic heterocycles. The van der Waals surface area contributed by atoms with Gasteiger partial charge in [0.15, 0.2) is 0 Å². The van der Waals surface area contributed by atoms with Crippen LogP contribution in [0.1, 0.15) is 65.2 Å². The predicted molar refractivity (Wildman–Crippen MR) is 105 cm³/mol. The molecule has 0 saturated heterocycles. The van der Waals surface area contributed by atoms with Crippen LogP contribution in [0.4, 0.5) is 0 Å². The number of rotatable bonds is 14. The highest BCUT2D eigenvalue weighted by Gasteiger charge is 1.91. The fraction of sp³-hybridized carbons (Fsp3) is 0.500. The third-order valence-electron chi connectivity index (χ3n) is 3.23. The van der Waals surface area contributed by atoms with Gasteiger partial charge >= 0.3 is 5.97 Å². The van der Waals surface area contributed by atoms with Crippen LogP contribution < -0.4 is 0 Å². The van der Waals surface area contributed by atoms with Crippen molar-refractivity contribution in [2.75, 3.05) is 6.61 Å². The van der Waals surface area contributed by atoms with Crippen molar-refractivity contribution in [3.63, 3.8) is 0 Å². The zero-order chi connectivity index (χ0) is 17.7. The molecule has 0 N–H and O–H groups in total. The van der Waals surface area contributed by atoms with Crippen molar-refractivity contribution in [2.45, 2.75) is 65.2 Å². The lowest BCUT2D eigenvalue weighted by molar-refractivity contribution is -0.141. The first-order valence-corrected chi connectivity index (χ1v) is 9.15. The van der Waals surface area contributed by atoms with Crippen LogP contribution in [0.2, 0.25) is 0 Å². The molecule has 0 unspecified atom stereocenters. The highest BCUT2D eigenvalue weighted by Crippen LogP contribution is 1.99. The van der Waals surface area contributed by atoms with Crippen LogP contribution in [0.25, 0.3) is 0 Å². The van der Waals surface area contributed by atoms with Crippen molar-refractivity contribution in [3.05, 3.63) is 60.8 Å². The maximum Gasteiger partial charge on any atom is 0.302 e. The average molecular weight is 331 g/mol. The van der Waals surface area contributed by atoms with Crippen LogP contribution in [0.3, 0.4) is 0 Å². The first-order valence-electron chi connectivity index (χ1n) is 9.15. The topological polar surface area (TPSA) is 26.3 Å². The summed E-state index contributed by atoms with van der Waals surface area (Å²) in [6.07, 6.45) is 30.3. The van der Waals surface area contributed by atoms with Crippen LogP contribution in [0, 0.1) is 0 Å². The molecule has 0 aromatic carbocycles. The average Bonchev–Trinajstić information content (AvgIpc) is 2.56. The summed E-state index contributed by atoms with van der Waals surface area (Å²) in [6, 6.07) is 0. The molecule has 0 heterocycles. The second-order valence-electron chi connectivity index (χ2n) is 5.54. The van der Waals surface area contributed by atoms with Crippen molar-refractivity contribution in [3.8, 4) is 0 Å². The zero-order valence-electron chi connectivity index (χ0n) is 15.5. The molecule has 0 aromatic rings. The number of esters is 1. The summed E-state index contributed by atoms with van der Waals surface area (Å²) in [5.41, 5.74) is 0. The minimum Gasteiger partial charge on any atom is -0.466 e. The number of hydrogen-bond donors (Lipinski definition) is 0. The van der Waals surface area contributed by atoms with Gasteiger partial charge in [-0.3, -0.25) is 4.79 Å². The Balaban J connectivity index is 3.42. The minimum absolute atomic E-state index is 0.190. The number of hydrogen-bond acceptors (Lipinski definition) is 2. The fourth-order valence-corrected chi connectivity index (χ4v) is 1.95. The predicted octanol–water partition coefficient (Wildman–Crippen LogP) is 6.47. The third-order valence-corrected chi connectivity index (χ3v) is 3.23.